The second-order valence-electron chi connectivity index (χ2n) is 7.87. The third-order valence-corrected chi connectivity index (χ3v) is 5.27. The number of carbonyl (C=O) groups excluding carboxylic acids is 1. The molecule has 0 aromatic heterocycles. The standard InChI is InChI=1S/C17H32N2O2/c1-16(2,3)21-15(20)19-11-7-14(8-12-19)17(13-18)9-5-4-6-10-17/h14H,4-13,18H2,1-3H3. The summed E-state index contributed by atoms with van der Waals surface area (Å²) in [6.07, 6.45) is 8.56. The Bertz CT molecular complexity index is 348. The third kappa shape index (κ3) is 4.12. The normalized spacial score (nSPS) is 23.9. The van der Waals surface area contributed by atoms with Crippen molar-refractivity contribution in [3.63, 3.8) is 0 Å². The van der Waals surface area contributed by atoms with Crippen LogP contribution in [0.3, 0.4) is 0 Å². The molecule has 1 saturated heterocycles. The lowest BCUT2D eigenvalue weighted by Crippen LogP contribution is -2.48. The lowest BCUT2D eigenvalue weighted by atomic mass is 9.63. The zero-order chi connectivity index (χ0) is 15.5. The van der Waals surface area contributed by atoms with Crippen LogP contribution in [0.4, 0.5) is 4.79 Å². The van der Waals surface area contributed by atoms with Crippen LogP contribution in [0.1, 0.15) is 65.7 Å². The number of rotatable bonds is 2. The van der Waals surface area contributed by atoms with E-state index in [9.17, 15) is 4.79 Å². The highest BCUT2D eigenvalue weighted by molar-refractivity contribution is 5.68. The van der Waals surface area contributed by atoms with Gasteiger partial charge in [-0.25, -0.2) is 4.79 Å². The van der Waals surface area contributed by atoms with Gasteiger partial charge in [0.2, 0.25) is 0 Å². The molecule has 0 aromatic carbocycles. The molecule has 2 aliphatic rings. The maximum atomic E-state index is 12.1. The second-order valence-corrected chi connectivity index (χ2v) is 7.87. The molecule has 1 aliphatic carbocycles. The molecule has 4 nitrogen and oxygen atoms in total. The minimum Gasteiger partial charge on any atom is -0.444 e. The van der Waals surface area contributed by atoms with Crippen molar-refractivity contribution < 1.29 is 9.53 Å². The maximum Gasteiger partial charge on any atom is 0.410 e. The fraction of sp³-hybridized carbons (Fsp3) is 0.941. The fourth-order valence-electron chi connectivity index (χ4n) is 4.04. The molecule has 1 aliphatic heterocycles. The summed E-state index contributed by atoms with van der Waals surface area (Å²) in [6.45, 7) is 8.21. The Kier molecular flexibility index (Phi) is 5.18. The van der Waals surface area contributed by atoms with E-state index >= 15 is 0 Å². The van der Waals surface area contributed by atoms with Crippen molar-refractivity contribution in [1.29, 1.82) is 0 Å². The Morgan fingerprint density at radius 1 is 1.19 bits per heavy atom. The van der Waals surface area contributed by atoms with Crippen molar-refractivity contribution in [3.05, 3.63) is 0 Å². The van der Waals surface area contributed by atoms with Crippen molar-refractivity contribution in [1.82, 2.24) is 4.90 Å². The Balaban J connectivity index is 1.89. The van der Waals surface area contributed by atoms with Crippen LogP contribution in [0.15, 0.2) is 0 Å². The van der Waals surface area contributed by atoms with Crippen molar-refractivity contribution in [2.24, 2.45) is 17.1 Å². The second kappa shape index (κ2) is 6.55. The zero-order valence-corrected chi connectivity index (χ0v) is 14.0. The van der Waals surface area contributed by atoms with E-state index in [1.807, 2.05) is 25.7 Å². The molecular weight excluding hydrogens is 264 g/mol. The van der Waals surface area contributed by atoms with Gasteiger partial charge in [-0.05, 0) is 64.3 Å². The van der Waals surface area contributed by atoms with Crippen molar-refractivity contribution >= 4 is 6.09 Å². The largest absolute Gasteiger partial charge is 0.444 e. The molecular formula is C17H32N2O2. The number of likely N-dealkylation sites (tertiary alicyclic amines) is 1. The Morgan fingerprint density at radius 2 is 1.76 bits per heavy atom. The molecule has 122 valence electrons. The number of ether oxygens (including phenoxy) is 1. The van der Waals surface area contributed by atoms with Gasteiger partial charge in [0, 0.05) is 13.1 Å². The van der Waals surface area contributed by atoms with Gasteiger partial charge in [-0.2, -0.15) is 0 Å². The average molecular weight is 296 g/mol. The van der Waals surface area contributed by atoms with Crippen molar-refractivity contribution in [2.45, 2.75) is 71.3 Å². The molecule has 1 amide bonds. The van der Waals surface area contributed by atoms with Crippen LogP contribution in [0, 0.1) is 11.3 Å². The molecule has 0 spiro atoms. The minimum absolute atomic E-state index is 0.161. The zero-order valence-electron chi connectivity index (χ0n) is 14.0. The summed E-state index contributed by atoms with van der Waals surface area (Å²) in [6, 6.07) is 0. The first-order chi connectivity index (χ1) is 9.86. The number of nitrogens with zero attached hydrogens (tertiary/aromatic N) is 1. The molecule has 0 atom stereocenters. The predicted octanol–water partition coefficient (Wildman–Crippen LogP) is 3.54. The molecule has 0 aromatic rings. The van der Waals surface area contributed by atoms with Gasteiger partial charge in [0.05, 0.1) is 0 Å². The van der Waals surface area contributed by atoms with E-state index in [0.29, 0.717) is 11.3 Å². The smallest absolute Gasteiger partial charge is 0.410 e. The summed E-state index contributed by atoms with van der Waals surface area (Å²) in [5, 5.41) is 0. The lowest BCUT2D eigenvalue weighted by molar-refractivity contribution is 0.00395. The van der Waals surface area contributed by atoms with Crippen LogP contribution in [0.2, 0.25) is 0 Å². The highest BCUT2D eigenvalue weighted by atomic mass is 16.6. The van der Waals surface area contributed by atoms with E-state index in [1.54, 1.807) is 0 Å². The first kappa shape index (κ1) is 16.6. The third-order valence-electron chi connectivity index (χ3n) is 5.27. The van der Waals surface area contributed by atoms with E-state index in [0.717, 1.165) is 32.5 Å². The summed E-state index contributed by atoms with van der Waals surface area (Å²) in [7, 11) is 0. The topological polar surface area (TPSA) is 55.6 Å². The van der Waals surface area contributed by atoms with Gasteiger partial charge in [-0.1, -0.05) is 19.3 Å². The molecule has 0 bridgehead atoms. The summed E-state index contributed by atoms with van der Waals surface area (Å²) in [5.41, 5.74) is 6.08. The maximum absolute atomic E-state index is 12.1. The van der Waals surface area contributed by atoms with E-state index in [-0.39, 0.29) is 6.09 Å². The molecule has 2 fully saturated rings. The van der Waals surface area contributed by atoms with Crippen LogP contribution in [0.5, 0.6) is 0 Å². The van der Waals surface area contributed by atoms with E-state index < -0.39 is 5.60 Å². The number of amides is 1. The summed E-state index contributed by atoms with van der Waals surface area (Å²) >= 11 is 0. The Labute approximate surface area is 129 Å². The highest BCUT2D eigenvalue weighted by Crippen LogP contribution is 2.45. The van der Waals surface area contributed by atoms with Gasteiger partial charge in [-0.3, -0.25) is 0 Å². The van der Waals surface area contributed by atoms with Crippen LogP contribution in [0.25, 0.3) is 0 Å². The highest BCUT2D eigenvalue weighted by Gasteiger charge is 2.40. The lowest BCUT2D eigenvalue weighted by Gasteiger charge is -2.46. The quantitative estimate of drug-likeness (QED) is 0.848. The molecule has 0 radical (unpaired) electrons. The fourth-order valence-corrected chi connectivity index (χ4v) is 4.04. The first-order valence-corrected chi connectivity index (χ1v) is 8.54. The Morgan fingerprint density at radius 3 is 2.24 bits per heavy atom. The number of piperidine rings is 1. The molecule has 4 heteroatoms. The monoisotopic (exact) mass is 296 g/mol. The summed E-state index contributed by atoms with van der Waals surface area (Å²) in [5.74, 6) is 0.682. The van der Waals surface area contributed by atoms with Crippen LogP contribution in [-0.4, -0.2) is 36.2 Å². The van der Waals surface area contributed by atoms with Gasteiger partial charge < -0.3 is 15.4 Å². The Hall–Kier alpha value is -0.770. The van der Waals surface area contributed by atoms with Crippen LogP contribution < -0.4 is 5.73 Å². The van der Waals surface area contributed by atoms with E-state index in [4.69, 9.17) is 10.5 Å². The van der Waals surface area contributed by atoms with Crippen molar-refractivity contribution in [3.8, 4) is 0 Å². The number of hydrogen-bond acceptors (Lipinski definition) is 3. The average Bonchev–Trinajstić information content (AvgIpc) is 2.46. The van der Waals surface area contributed by atoms with E-state index in [1.165, 1.54) is 32.1 Å². The minimum atomic E-state index is -0.407. The van der Waals surface area contributed by atoms with Gasteiger partial charge in [-0.15, -0.1) is 0 Å². The number of hydrogen-bond donors (Lipinski definition) is 1. The first-order valence-electron chi connectivity index (χ1n) is 8.54. The van der Waals surface area contributed by atoms with Crippen molar-refractivity contribution in [2.75, 3.05) is 19.6 Å². The van der Waals surface area contributed by atoms with E-state index in [2.05, 4.69) is 0 Å². The molecule has 0 unspecified atom stereocenters. The number of carbonyl (C=O) groups is 1. The predicted molar refractivity (Wildman–Crippen MR) is 85.1 cm³/mol. The molecule has 1 saturated carbocycles. The van der Waals surface area contributed by atoms with Gasteiger partial charge in [0.15, 0.2) is 0 Å². The molecule has 2 rings (SSSR count). The molecule has 2 N–H and O–H groups in total. The van der Waals surface area contributed by atoms with Crippen LogP contribution in [-0.2, 0) is 4.74 Å². The van der Waals surface area contributed by atoms with Crippen LogP contribution >= 0.6 is 0 Å². The summed E-state index contributed by atoms with van der Waals surface area (Å²) < 4.78 is 5.47. The molecule has 21 heavy (non-hydrogen) atoms. The van der Waals surface area contributed by atoms with Gasteiger partial charge in [0.1, 0.15) is 5.60 Å². The number of nitrogens with two attached hydrogens (primary N) is 1. The van der Waals surface area contributed by atoms with Gasteiger partial charge in [0.25, 0.3) is 0 Å². The molecule has 1 heterocycles. The van der Waals surface area contributed by atoms with Gasteiger partial charge >= 0.3 is 6.09 Å². The summed E-state index contributed by atoms with van der Waals surface area (Å²) in [4.78, 5) is 14.0. The SMILES string of the molecule is CC(C)(C)OC(=O)N1CCC(C2(CN)CCCCC2)CC1.